The van der Waals surface area contributed by atoms with Gasteiger partial charge in [-0.1, -0.05) is 6.08 Å². The summed E-state index contributed by atoms with van der Waals surface area (Å²) < 4.78 is 4.73. The van der Waals surface area contributed by atoms with Crippen LogP contribution in [0.4, 0.5) is 0 Å². The summed E-state index contributed by atoms with van der Waals surface area (Å²) in [5.74, 6) is -0.384. The van der Waals surface area contributed by atoms with Crippen LogP contribution in [0.3, 0.4) is 0 Å². The van der Waals surface area contributed by atoms with Crippen LogP contribution in [0, 0.1) is 0 Å². The fourth-order valence-electron chi connectivity index (χ4n) is 1.20. The minimum atomic E-state index is -0.384. The van der Waals surface area contributed by atoms with Gasteiger partial charge in [-0.3, -0.25) is 0 Å². The van der Waals surface area contributed by atoms with Crippen LogP contribution < -0.4 is 5.11 Å². The van der Waals surface area contributed by atoms with Crippen molar-refractivity contribution in [2.45, 2.75) is 6.92 Å². The Morgan fingerprint density at radius 2 is 2.06 bits per heavy atom. The Hall–Kier alpha value is -1.64. The Morgan fingerprint density at radius 1 is 1.39 bits per heavy atom. The van der Waals surface area contributed by atoms with E-state index < -0.39 is 0 Å². The van der Waals surface area contributed by atoms with Crippen molar-refractivity contribution >= 4 is 5.97 Å². The van der Waals surface area contributed by atoms with Gasteiger partial charge in [0.25, 0.3) is 0 Å². The van der Waals surface area contributed by atoms with E-state index in [1.807, 2.05) is 30.3 Å². The van der Waals surface area contributed by atoms with Crippen LogP contribution in [0.5, 0.6) is 0 Å². The molecule has 18 heavy (non-hydrogen) atoms. The molecule has 1 aromatic rings. The Labute approximate surface area is 117 Å². The van der Waals surface area contributed by atoms with Crippen LogP contribution >= 0.6 is 0 Å². The largest absolute Gasteiger partial charge is 2.00 e. The molecule has 0 N–H and O–H groups in total. The van der Waals surface area contributed by atoms with E-state index in [9.17, 15) is 9.90 Å². The van der Waals surface area contributed by atoms with Gasteiger partial charge in [-0.2, -0.15) is 18.2 Å². The normalized spacial score (nSPS) is 14.3. The van der Waals surface area contributed by atoms with E-state index in [0.717, 1.165) is 0 Å². The zero-order valence-corrected chi connectivity index (χ0v) is 11.1. The van der Waals surface area contributed by atoms with Crippen molar-refractivity contribution in [1.29, 1.82) is 0 Å². The van der Waals surface area contributed by atoms with Gasteiger partial charge >= 0.3 is 23.0 Å². The van der Waals surface area contributed by atoms with E-state index in [2.05, 4.69) is 0 Å². The monoisotopic (exact) mass is 286 g/mol. The molecule has 0 spiro atoms. The minimum Gasteiger partial charge on any atom is -0.877 e. The van der Waals surface area contributed by atoms with E-state index in [0.29, 0.717) is 24.0 Å². The van der Waals surface area contributed by atoms with Gasteiger partial charge in [-0.15, -0.1) is 6.26 Å². The average Bonchev–Trinajstić information content (AvgIpc) is 3.04. The first-order chi connectivity index (χ1) is 8.27. The molecule has 0 fully saturated rings. The molecule has 1 aromatic carbocycles. The summed E-state index contributed by atoms with van der Waals surface area (Å²) in [6.45, 7) is 2.09. The number of hydrogen-bond acceptors (Lipinski definition) is 3. The van der Waals surface area contributed by atoms with Gasteiger partial charge in [0.2, 0.25) is 0 Å². The quantitative estimate of drug-likeness (QED) is 0.360. The molecule has 0 amide bonds. The van der Waals surface area contributed by atoms with E-state index in [1.54, 1.807) is 19.1 Å². The molecule has 0 atom stereocenters. The van der Waals surface area contributed by atoms with E-state index in [1.165, 1.54) is 6.08 Å². The third-order valence-corrected chi connectivity index (χ3v) is 1.98. The number of carbonyl (C=O) groups excluding carboxylic acids is 1. The first-order valence-corrected chi connectivity index (χ1v) is 5.33. The zero-order chi connectivity index (χ0) is 12.5. The molecule has 0 radical (unpaired) electrons. The smallest absolute Gasteiger partial charge is 0.877 e. The van der Waals surface area contributed by atoms with Crippen molar-refractivity contribution in [2.24, 2.45) is 0 Å². The average molecular weight is 286 g/mol. The Morgan fingerprint density at radius 3 is 2.44 bits per heavy atom. The van der Waals surface area contributed by atoms with Gasteiger partial charge in [0.15, 0.2) is 0 Å². The van der Waals surface area contributed by atoms with Crippen molar-refractivity contribution in [1.82, 2.24) is 0 Å². The van der Waals surface area contributed by atoms with Crippen molar-refractivity contribution in [2.75, 3.05) is 6.61 Å². The van der Waals surface area contributed by atoms with Crippen molar-refractivity contribution in [3.63, 3.8) is 0 Å². The second-order valence-electron chi connectivity index (χ2n) is 3.23. The van der Waals surface area contributed by atoms with Crippen molar-refractivity contribution in [3.05, 3.63) is 66.0 Å². The number of allylic oxidation sites excluding steroid dienone is 3. The maximum atomic E-state index is 11.0. The second kappa shape index (κ2) is 9.40. The number of hydrogen-bond donors (Lipinski definition) is 0. The fourth-order valence-corrected chi connectivity index (χ4v) is 1.20. The maximum Gasteiger partial charge on any atom is 2.00 e. The third kappa shape index (κ3) is 5.62. The van der Waals surface area contributed by atoms with E-state index in [4.69, 9.17) is 4.74 Å². The summed E-state index contributed by atoms with van der Waals surface area (Å²) in [6, 6.07) is 10.0. The van der Waals surface area contributed by atoms with E-state index in [-0.39, 0.29) is 23.0 Å². The third-order valence-electron chi connectivity index (χ3n) is 1.98. The molecule has 0 unspecified atom stereocenters. The Bertz CT molecular complexity index is 411. The topological polar surface area (TPSA) is 49.4 Å². The van der Waals surface area contributed by atoms with Gasteiger partial charge in [0.1, 0.15) is 0 Å². The second-order valence-corrected chi connectivity index (χ2v) is 3.23. The molecule has 96 valence electrons. The number of rotatable bonds is 2. The number of esters is 1. The minimum absolute atomic E-state index is 0. The molecule has 2 rings (SSSR count). The Balaban J connectivity index is 0.000000405. The van der Waals surface area contributed by atoms with Gasteiger partial charge in [-0.25, -0.2) is 16.9 Å². The molecule has 0 aromatic heterocycles. The van der Waals surface area contributed by atoms with Crippen LogP contribution in [-0.2, 0) is 26.6 Å². The molecule has 0 bridgehead atoms. The SMILES string of the molecule is CCOC(=O)C1=CC(=C[O-])C=C1.[Fe+2].c1cc[cH-]c1. The summed E-state index contributed by atoms with van der Waals surface area (Å²) in [6.07, 6.45) is 5.36. The van der Waals surface area contributed by atoms with Gasteiger partial charge in [-0.05, 0) is 24.6 Å². The summed E-state index contributed by atoms with van der Waals surface area (Å²) in [7, 11) is 0. The molecular weight excluding hydrogens is 272 g/mol. The molecular formula is C14H14FeO3. The summed E-state index contributed by atoms with van der Waals surface area (Å²) in [5, 5.41) is 10.2. The first-order valence-electron chi connectivity index (χ1n) is 5.33. The molecule has 0 aliphatic heterocycles. The summed E-state index contributed by atoms with van der Waals surface area (Å²) >= 11 is 0. The molecule has 0 heterocycles. The molecule has 1 aliphatic carbocycles. The number of ether oxygens (including phenoxy) is 1. The standard InChI is InChI=1S/C9H10O3.C5H5.Fe/c1-2-12-9(11)8-4-3-7(5-8)6-10;1-2-4-5-3-1;/h3-6,10H,2H2,1H3;1-5H;/q;-1;+2/p-1. The van der Waals surface area contributed by atoms with Crippen molar-refractivity contribution < 1.29 is 31.7 Å². The van der Waals surface area contributed by atoms with Crippen molar-refractivity contribution in [3.8, 4) is 0 Å². The van der Waals surface area contributed by atoms with Crippen LogP contribution in [-0.4, -0.2) is 12.6 Å². The predicted octanol–water partition coefficient (Wildman–Crippen LogP) is 1.69. The van der Waals surface area contributed by atoms with Crippen LogP contribution in [0.2, 0.25) is 0 Å². The summed E-state index contributed by atoms with van der Waals surface area (Å²) in [4.78, 5) is 11.0. The molecule has 4 heteroatoms. The fraction of sp³-hybridized carbons (Fsp3) is 0.143. The zero-order valence-electron chi connectivity index (χ0n) is 9.98. The van der Waals surface area contributed by atoms with Gasteiger partial charge in [0, 0.05) is 0 Å². The molecule has 3 nitrogen and oxygen atoms in total. The Kier molecular flexibility index (Phi) is 8.54. The molecule has 0 saturated heterocycles. The molecule has 0 saturated carbocycles. The first kappa shape index (κ1) is 16.4. The maximum absolute atomic E-state index is 11.0. The van der Waals surface area contributed by atoms with Gasteiger partial charge < -0.3 is 9.84 Å². The predicted molar refractivity (Wildman–Crippen MR) is 64.0 cm³/mol. The van der Waals surface area contributed by atoms with E-state index >= 15 is 0 Å². The van der Waals surface area contributed by atoms with Crippen LogP contribution in [0.1, 0.15) is 6.92 Å². The van der Waals surface area contributed by atoms with Gasteiger partial charge in [0.05, 0.1) is 12.2 Å². The number of carbonyl (C=O) groups is 1. The van der Waals surface area contributed by atoms with Crippen LogP contribution in [0.15, 0.2) is 66.0 Å². The van der Waals surface area contributed by atoms with Crippen LogP contribution in [0.25, 0.3) is 0 Å². The molecule has 1 aliphatic rings. The summed E-state index contributed by atoms with van der Waals surface area (Å²) in [5.41, 5.74) is 0.928.